The van der Waals surface area contributed by atoms with Gasteiger partial charge in [-0.2, -0.15) is 0 Å². The molecular formula is C10H13BrClF2NO. The Hall–Kier alpha value is -0.390. The van der Waals surface area contributed by atoms with Crippen molar-refractivity contribution in [3.8, 4) is 5.75 Å². The number of hydrogen-bond donors (Lipinski definition) is 1. The van der Waals surface area contributed by atoms with E-state index in [2.05, 4.69) is 15.9 Å². The van der Waals surface area contributed by atoms with Gasteiger partial charge in [0.15, 0.2) is 0 Å². The van der Waals surface area contributed by atoms with E-state index < -0.39 is 12.5 Å². The van der Waals surface area contributed by atoms with E-state index in [0.717, 1.165) is 4.47 Å². The standard InChI is InChI=1S/C10H12BrF2NO.ClH/c1-15-9-3-2-6(11)4-7(9)8(14)5-10(12)13;/h2-4,8,10H,5,14H2,1H3;1H/t8-;/m0./s1. The molecule has 0 spiro atoms. The van der Waals surface area contributed by atoms with Crippen LogP contribution in [0.15, 0.2) is 22.7 Å². The third-order valence-electron chi connectivity index (χ3n) is 2.02. The van der Waals surface area contributed by atoms with Crippen LogP contribution in [0.25, 0.3) is 0 Å². The van der Waals surface area contributed by atoms with Crippen molar-refractivity contribution in [2.75, 3.05) is 7.11 Å². The van der Waals surface area contributed by atoms with Crippen LogP contribution in [-0.4, -0.2) is 13.5 Å². The molecule has 16 heavy (non-hydrogen) atoms. The van der Waals surface area contributed by atoms with Gasteiger partial charge in [-0.3, -0.25) is 0 Å². The number of halogens is 4. The minimum Gasteiger partial charge on any atom is -0.496 e. The summed E-state index contributed by atoms with van der Waals surface area (Å²) in [6.45, 7) is 0. The van der Waals surface area contributed by atoms with E-state index in [1.54, 1.807) is 18.2 Å². The van der Waals surface area contributed by atoms with E-state index in [1.807, 2.05) is 0 Å². The zero-order chi connectivity index (χ0) is 11.4. The first kappa shape index (κ1) is 15.6. The Morgan fingerprint density at radius 2 is 2.06 bits per heavy atom. The van der Waals surface area contributed by atoms with Crippen LogP contribution >= 0.6 is 28.3 Å². The molecule has 2 nitrogen and oxygen atoms in total. The Balaban J connectivity index is 0.00000225. The molecule has 1 aromatic rings. The Bertz CT molecular complexity index is 339. The van der Waals surface area contributed by atoms with Crippen molar-refractivity contribution in [3.63, 3.8) is 0 Å². The lowest BCUT2D eigenvalue weighted by Gasteiger charge is -2.15. The van der Waals surface area contributed by atoms with Gasteiger partial charge in [0.1, 0.15) is 5.75 Å². The third-order valence-corrected chi connectivity index (χ3v) is 2.52. The summed E-state index contributed by atoms with van der Waals surface area (Å²) in [5.41, 5.74) is 6.25. The topological polar surface area (TPSA) is 35.2 Å². The first-order valence-electron chi connectivity index (χ1n) is 4.41. The molecule has 0 unspecified atom stereocenters. The summed E-state index contributed by atoms with van der Waals surface area (Å²) in [5.74, 6) is 0.534. The largest absolute Gasteiger partial charge is 0.496 e. The molecule has 0 heterocycles. The highest BCUT2D eigenvalue weighted by Gasteiger charge is 2.16. The van der Waals surface area contributed by atoms with Crippen LogP contribution in [0.4, 0.5) is 8.78 Å². The predicted molar refractivity (Wildman–Crippen MR) is 65.5 cm³/mol. The molecule has 2 N–H and O–H groups in total. The number of hydrogen-bond acceptors (Lipinski definition) is 2. The van der Waals surface area contributed by atoms with Crippen molar-refractivity contribution >= 4 is 28.3 Å². The van der Waals surface area contributed by atoms with Crippen LogP contribution < -0.4 is 10.5 Å². The SMILES string of the molecule is COc1ccc(Br)cc1[C@@H](N)CC(F)F.Cl. The monoisotopic (exact) mass is 315 g/mol. The maximum atomic E-state index is 12.2. The average molecular weight is 317 g/mol. The summed E-state index contributed by atoms with van der Waals surface area (Å²) < 4.78 is 30.2. The third kappa shape index (κ3) is 4.23. The number of alkyl halides is 2. The van der Waals surface area contributed by atoms with Crippen LogP contribution in [-0.2, 0) is 0 Å². The molecule has 1 atom stereocenters. The summed E-state index contributed by atoms with van der Waals surface area (Å²) in [6.07, 6.45) is -2.78. The second kappa shape index (κ2) is 7.04. The van der Waals surface area contributed by atoms with Gasteiger partial charge in [0.2, 0.25) is 6.43 Å². The Morgan fingerprint density at radius 3 is 2.56 bits per heavy atom. The Morgan fingerprint density at radius 1 is 1.44 bits per heavy atom. The molecule has 0 radical (unpaired) electrons. The number of methoxy groups -OCH3 is 1. The van der Waals surface area contributed by atoms with Gasteiger partial charge in [-0.25, -0.2) is 8.78 Å². The molecule has 6 heteroatoms. The van der Waals surface area contributed by atoms with Gasteiger partial charge < -0.3 is 10.5 Å². The van der Waals surface area contributed by atoms with Gasteiger partial charge in [0.05, 0.1) is 7.11 Å². The highest BCUT2D eigenvalue weighted by molar-refractivity contribution is 9.10. The van der Waals surface area contributed by atoms with E-state index in [4.69, 9.17) is 10.5 Å². The predicted octanol–water partition coefficient (Wildman–Crippen LogP) is 3.53. The molecule has 0 bridgehead atoms. The van der Waals surface area contributed by atoms with Crippen molar-refractivity contribution in [3.05, 3.63) is 28.2 Å². The number of rotatable bonds is 4. The molecule has 0 fully saturated rings. The summed E-state index contributed by atoms with van der Waals surface area (Å²) >= 11 is 3.26. The second-order valence-electron chi connectivity index (χ2n) is 3.12. The van der Waals surface area contributed by atoms with Crippen molar-refractivity contribution in [2.45, 2.75) is 18.9 Å². The fourth-order valence-electron chi connectivity index (χ4n) is 1.31. The van der Waals surface area contributed by atoms with E-state index >= 15 is 0 Å². The molecule has 1 aromatic carbocycles. The molecule has 0 amide bonds. The quantitative estimate of drug-likeness (QED) is 0.922. The highest BCUT2D eigenvalue weighted by Crippen LogP contribution is 2.30. The molecule has 0 aliphatic rings. The lowest BCUT2D eigenvalue weighted by atomic mass is 10.0. The van der Waals surface area contributed by atoms with Gasteiger partial charge in [-0.15, -0.1) is 12.4 Å². The number of nitrogens with two attached hydrogens (primary N) is 1. The van der Waals surface area contributed by atoms with Gasteiger partial charge in [-0.05, 0) is 18.2 Å². The van der Waals surface area contributed by atoms with E-state index in [-0.39, 0.29) is 18.8 Å². The van der Waals surface area contributed by atoms with E-state index in [9.17, 15) is 8.78 Å². The Labute approximate surface area is 108 Å². The molecule has 0 saturated heterocycles. The molecule has 0 aliphatic heterocycles. The lowest BCUT2D eigenvalue weighted by Crippen LogP contribution is -2.15. The molecule has 0 saturated carbocycles. The van der Waals surface area contributed by atoms with Crippen LogP contribution in [0.3, 0.4) is 0 Å². The number of ether oxygens (including phenoxy) is 1. The number of benzene rings is 1. The molecule has 0 aliphatic carbocycles. The van der Waals surface area contributed by atoms with Crippen molar-refractivity contribution in [1.29, 1.82) is 0 Å². The fourth-order valence-corrected chi connectivity index (χ4v) is 1.69. The fraction of sp³-hybridized carbons (Fsp3) is 0.400. The molecule has 0 aromatic heterocycles. The first-order valence-corrected chi connectivity index (χ1v) is 5.21. The van der Waals surface area contributed by atoms with Crippen molar-refractivity contribution in [1.82, 2.24) is 0 Å². The summed E-state index contributed by atoms with van der Waals surface area (Å²) in [5, 5.41) is 0. The minimum atomic E-state index is -2.41. The van der Waals surface area contributed by atoms with Crippen LogP contribution in [0.1, 0.15) is 18.0 Å². The van der Waals surface area contributed by atoms with E-state index in [1.165, 1.54) is 7.11 Å². The zero-order valence-electron chi connectivity index (χ0n) is 8.62. The molecule has 1 rings (SSSR count). The minimum absolute atomic E-state index is 0. The van der Waals surface area contributed by atoms with Gasteiger partial charge in [0.25, 0.3) is 0 Å². The van der Waals surface area contributed by atoms with Gasteiger partial charge in [0, 0.05) is 22.5 Å². The zero-order valence-corrected chi connectivity index (χ0v) is 11.0. The highest BCUT2D eigenvalue weighted by atomic mass is 79.9. The average Bonchev–Trinajstić information content (AvgIpc) is 2.16. The van der Waals surface area contributed by atoms with Gasteiger partial charge in [-0.1, -0.05) is 15.9 Å². The van der Waals surface area contributed by atoms with Crippen LogP contribution in [0, 0.1) is 0 Å². The molecular weight excluding hydrogens is 303 g/mol. The normalized spacial score (nSPS) is 12.1. The second-order valence-corrected chi connectivity index (χ2v) is 4.04. The summed E-state index contributed by atoms with van der Waals surface area (Å²) in [7, 11) is 1.49. The van der Waals surface area contributed by atoms with Crippen molar-refractivity contribution < 1.29 is 13.5 Å². The first-order chi connectivity index (χ1) is 7.04. The Kier molecular flexibility index (Phi) is 6.87. The summed E-state index contributed by atoms with van der Waals surface area (Å²) in [4.78, 5) is 0. The van der Waals surface area contributed by atoms with E-state index in [0.29, 0.717) is 11.3 Å². The van der Waals surface area contributed by atoms with Crippen LogP contribution in [0.5, 0.6) is 5.75 Å². The smallest absolute Gasteiger partial charge is 0.240 e. The van der Waals surface area contributed by atoms with Gasteiger partial charge >= 0.3 is 0 Å². The lowest BCUT2D eigenvalue weighted by molar-refractivity contribution is 0.128. The maximum Gasteiger partial charge on any atom is 0.240 e. The summed E-state index contributed by atoms with van der Waals surface area (Å²) in [6, 6.07) is 4.46. The van der Waals surface area contributed by atoms with Crippen LogP contribution in [0.2, 0.25) is 0 Å². The van der Waals surface area contributed by atoms with Crippen molar-refractivity contribution in [2.24, 2.45) is 5.73 Å². The maximum absolute atomic E-state index is 12.2. The molecule has 92 valence electrons.